The van der Waals surface area contributed by atoms with Crippen molar-refractivity contribution in [2.24, 2.45) is 0 Å². The number of carbonyl (C=O) groups is 1. The average molecular weight is 242 g/mol. The Kier molecular flexibility index (Phi) is 2.71. The molecule has 0 fully saturated rings. The van der Waals surface area contributed by atoms with E-state index in [1.165, 1.54) is 6.07 Å². The van der Waals surface area contributed by atoms with Crippen LogP contribution < -0.4 is 4.74 Å². The molecule has 6 heteroatoms. The van der Waals surface area contributed by atoms with Gasteiger partial charge in [0.15, 0.2) is 5.75 Å². The number of fused-ring (bicyclic) bond motifs is 1. The average Bonchev–Trinajstić information content (AvgIpc) is 2.58. The fourth-order valence-corrected chi connectivity index (χ4v) is 1.58. The molecule has 0 amide bonds. The van der Waals surface area contributed by atoms with Gasteiger partial charge in [0, 0.05) is 0 Å². The third-order valence-electron chi connectivity index (χ3n) is 2.27. The number of benzene rings is 1. The summed E-state index contributed by atoms with van der Waals surface area (Å²) in [5, 5.41) is 9.08. The van der Waals surface area contributed by atoms with Gasteiger partial charge < -0.3 is 14.3 Å². The first-order chi connectivity index (χ1) is 8.00. The Balaban J connectivity index is 2.71. The number of alkyl halides is 2. The molecule has 0 saturated heterocycles. The molecule has 0 unspecified atom stereocenters. The minimum absolute atomic E-state index is 0.225. The highest BCUT2D eigenvalue weighted by Gasteiger charge is 2.24. The van der Waals surface area contributed by atoms with E-state index in [4.69, 9.17) is 9.52 Å². The molecule has 0 spiro atoms. The largest absolute Gasteiger partial charge is 0.475 e. The minimum atomic E-state index is -3.10. The van der Waals surface area contributed by atoms with E-state index in [9.17, 15) is 13.6 Å². The maximum atomic E-state index is 12.2. The Morgan fingerprint density at radius 3 is 2.76 bits per heavy atom. The van der Waals surface area contributed by atoms with E-state index in [0.717, 1.165) is 0 Å². The van der Waals surface area contributed by atoms with Crippen molar-refractivity contribution < 1.29 is 27.8 Å². The van der Waals surface area contributed by atoms with Gasteiger partial charge in [0.25, 0.3) is 5.76 Å². The summed E-state index contributed by atoms with van der Waals surface area (Å²) in [6.07, 6.45) is 0. The zero-order valence-electron chi connectivity index (χ0n) is 8.74. The molecule has 0 radical (unpaired) electrons. The van der Waals surface area contributed by atoms with Crippen LogP contribution in [0.1, 0.15) is 16.1 Å². The Bertz CT molecular complexity index is 574. The molecule has 17 heavy (non-hydrogen) atoms. The molecule has 0 saturated carbocycles. The highest BCUT2D eigenvalue weighted by atomic mass is 19.3. The smallest absolute Gasteiger partial charge is 0.387 e. The number of aromatic carboxylic acids is 1. The summed E-state index contributed by atoms with van der Waals surface area (Å²) in [6, 6.07) is 4.76. The summed E-state index contributed by atoms with van der Waals surface area (Å²) >= 11 is 0. The van der Waals surface area contributed by atoms with E-state index < -0.39 is 24.1 Å². The lowest BCUT2D eigenvalue weighted by molar-refractivity contribution is -0.0499. The fraction of sp³-hybridized carbons (Fsp3) is 0.182. The van der Waals surface area contributed by atoms with Crippen molar-refractivity contribution >= 4 is 16.9 Å². The number of ether oxygens (including phenoxy) is 1. The number of hydrogen-bond donors (Lipinski definition) is 1. The maximum absolute atomic E-state index is 12.2. The van der Waals surface area contributed by atoms with E-state index in [1.807, 2.05) is 0 Å². The Morgan fingerprint density at radius 2 is 2.18 bits per heavy atom. The molecule has 1 aromatic heterocycles. The van der Waals surface area contributed by atoms with Crippen LogP contribution >= 0.6 is 0 Å². The van der Waals surface area contributed by atoms with Gasteiger partial charge in [-0.3, -0.25) is 0 Å². The molecule has 1 N–H and O–H groups in total. The first-order valence-electron chi connectivity index (χ1n) is 4.71. The van der Waals surface area contributed by atoms with Crippen molar-refractivity contribution in [1.82, 2.24) is 0 Å². The molecule has 0 atom stereocenters. The second-order valence-corrected chi connectivity index (χ2v) is 3.40. The zero-order chi connectivity index (χ0) is 12.6. The number of hydrogen-bond acceptors (Lipinski definition) is 3. The highest BCUT2D eigenvalue weighted by molar-refractivity contribution is 5.98. The van der Waals surface area contributed by atoms with E-state index in [2.05, 4.69) is 4.74 Å². The van der Waals surface area contributed by atoms with Crippen LogP contribution in [-0.4, -0.2) is 17.7 Å². The van der Waals surface area contributed by atoms with Gasteiger partial charge in [-0.1, -0.05) is 12.1 Å². The Hall–Kier alpha value is -2.11. The van der Waals surface area contributed by atoms with E-state index in [0.29, 0.717) is 5.56 Å². The lowest BCUT2D eigenvalue weighted by Crippen LogP contribution is -2.05. The summed E-state index contributed by atoms with van der Waals surface area (Å²) in [4.78, 5) is 10.9. The highest BCUT2D eigenvalue weighted by Crippen LogP contribution is 2.35. The van der Waals surface area contributed by atoms with Crippen LogP contribution in [0, 0.1) is 6.92 Å². The third kappa shape index (κ3) is 1.93. The van der Waals surface area contributed by atoms with Crippen molar-refractivity contribution in [3.05, 3.63) is 29.5 Å². The molecular formula is C11H8F2O4. The monoisotopic (exact) mass is 242 g/mol. The predicted octanol–water partition coefficient (Wildman–Crippen LogP) is 3.04. The van der Waals surface area contributed by atoms with Gasteiger partial charge in [-0.05, 0) is 18.6 Å². The first-order valence-corrected chi connectivity index (χ1v) is 4.71. The van der Waals surface area contributed by atoms with Crippen molar-refractivity contribution in [2.75, 3.05) is 0 Å². The molecule has 0 bridgehead atoms. The second kappa shape index (κ2) is 4.04. The van der Waals surface area contributed by atoms with Gasteiger partial charge in [0.1, 0.15) is 5.58 Å². The molecule has 0 aliphatic rings. The number of rotatable bonds is 3. The van der Waals surface area contributed by atoms with Gasteiger partial charge in [-0.15, -0.1) is 0 Å². The number of halogens is 2. The van der Waals surface area contributed by atoms with E-state index in [1.54, 1.807) is 19.1 Å². The second-order valence-electron chi connectivity index (χ2n) is 3.40. The topological polar surface area (TPSA) is 59.7 Å². The Labute approximate surface area is 94.4 Å². The van der Waals surface area contributed by atoms with Crippen LogP contribution in [0.15, 0.2) is 22.6 Å². The van der Waals surface area contributed by atoms with Crippen LogP contribution in [0.3, 0.4) is 0 Å². The van der Waals surface area contributed by atoms with E-state index >= 15 is 0 Å². The first kappa shape index (κ1) is 11.4. The molecule has 4 nitrogen and oxygen atoms in total. The van der Waals surface area contributed by atoms with Crippen LogP contribution in [0.5, 0.6) is 5.75 Å². The van der Waals surface area contributed by atoms with Crippen LogP contribution in [0.2, 0.25) is 0 Å². The third-order valence-corrected chi connectivity index (χ3v) is 2.27. The lowest BCUT2D eigenvalue weighted by Gasteiger charge is -2.02. The number of carboxylic acids is 1. The summed E-state index contributed by atoms with van der Waals surface area (Å²) in [7, 11) is 0. The molecule has 2 aromatic rings. The van der Waals surface area contributed by atoms with Gasteiger partial charge in [0.05, 0.1) is 5.39 Å². The lowest BCUT2D eigenvalue weighted by atomic mass is 10.1. The van der Waals surface area contributed by atoms with Gasteiger partial charge >= 0.3 is 12.6 Å². The Morgan fingerprint density at radius 1 is 1.47 bits per heavy atom. The molecule has 0 aliphatic carbocycles. The summed E-state index contributed by atoms with van der Waals surface area (Å²) < 4.78 is 33.7. The molecule has 1 aromatic carbocycles. The summed E-state index contributed by atoms with van der Waals surface area (Å²) in [5.74, 6) is -2.50. The van der Waals surface area contributed by atoms with Crippen molar-refractivity contribution in [1.29, 1.82) is 0 Å². The summed E-state index contributed by atoms with van der Waals surface area (Å²) in [6.45, 7) is -1.42. The van der Waals surface area contributed by atoms with Gasteiger partial charge in [0.2, 0.25) is 0 Å². The van der Waals surface area contributed by atoms with Gasteiger partial charge in [-0.2, -0.15) is 8.78 Å². The molecular weight excluding hydrogens is 234 g/mol. The maximum Gasteiger partial charge on any atom is 0.387 e. The number of aryl methyl sites for hydroxylation is 1. The minimum Gasteiger partial charge on any atom is -0.475 e. The molecule has 2 rings (SSSR count). The van der Waals surface area contributed by atoms with Crippen LogP contribution in [0.4, 0.5) is 8.78 Å². The predicted molar refractivity (Wildman–Crippen MR) is 54.5 cm³/mol. The molecule has 90 valence electrons. The van der Waals surface area contributed by atoms with Crippen molar-refractivity contribution in [3.8, 4) is 5.75 Å². The normalized spacial score (nSPS) is 11.1. The fourth-order valence-electron chi connectivity index (χ4n) is 1.58. The van der Waals surface area contributed by atoms with Crippen LogP contribution in [0.25, 0.3) is 11.0 Å². The quantitative estimate of drug-likeness (QED) is 0.898. The zero-order valence-corrected chi connectivity index (χ0v) is 8.74. The van der Waals surface area contributed by atoms with Crippen LogP contribution in [-0.2, 0) is 0 Å². The van der Waals surface area contributed by atoms with Crippen molar-refractivity contribution in [2.45, 2.75) is 13.5 Å². The standard InChI is InChI=1S/C11H8F2O4/c1-5-3-2-4-6-7(5)16-9(10(14)15)8(6)17-11(12)13/h2-4,11H,1H3,(H,14,15). The van der Waals surface area contributed by atoms with E-state index in [-0.39, 0.29) is 11.0 Å². The number of carboxylic acid groups (broad SMARTS) is 1. The number of furan rings is 1. The number of para-hydroxylation sites is 1. The molecule has 0 aliphatic heterocycles. The van der Waals surface area contributed by atoms with Gasteiger partial charge in [-0.25, -0.2) is 4.79 Å². The SMILES string of the molecule is Cc1cccc2c(OC(F)F)c(C(=O)O)oc12. The molecule has 1 heterocycles. The summed E-state index contributed by atoms with van der Waals surface area (Å²) in [5.41, 5.74) is 0.884. The van der Waals surface area contributed by atoms with Crippen molar-refractivity contribution in [3.63, 3.8) is 0 Å².